The summed E-state index contributed by atoms with van der Waals surface area (Å²) < 4.78 is 97.3. The number of benzene rings is 1. The molecule has 0 radical (unpaired) electrons. The maximum absolute atomic E-state index is 13.7. The third-order valence-electron chi connectivity index (χ3n) is 6.42. The second-order valence-corrected chi connectivity index (χ2v) is 8.43. The Labute approximate surface area is 178 Å². The third kappa shape index (κ3) is 5.48. The topological polar surface area (TPSA) is 27.7 Å². The van der Waals surface area contributed by atoms with E-state index in [1.165, 1.54) is 6.42 Å². The molecule has 1 saturated heterocycles. The Kier molecular flexibility index (Phi) is 7.46. The Morgan fingerprint density at radius 2 is 1.45 bits per heavy atom. The number of alkyl halides is 6. The van der Waals surface area contributed by atoms with Gasteiger partial charge >= 0.3 is 12.4 Å². The van der Waals surface area contributed by atoms with E-state index in [9.17, 15) is 26.3 Å². The van der Waals surface area contributed by atoms with Crippen molar-refractivity contribution >= 4 is 0 Å². The molecule has 0 aromatic heterocycles. The van der Waals surface area contributed by atoms with Crippen molar-refractivity contribution in [2.24, 2.45) is 17.8 Å². The van der Waals surface area contributed by atoms with Crippen LogP contribution in [0.15, 0.2) is 12.1 Å². The average Bonchev–Trinajstić information content (AvgIpc) is 2.72. The van der Waals surface area contributed by atoms with Crippen molar-refractivity contribution < 1.29 is 40.6 Å². The molecule has 1 aliphatic heterocycles. The van der Waals surface area contributed by atoms with Gasteiger partial charge in [-0.15, -0.1) is 0 Å². The van der Waals surface area contributed by atoms with E-state index in [1.807, 2.05) is 0 Å². The molecule has 0 bridgehead atoms. The number of halogens is 6. The van der Waals surface area contributed by atoms with Crippen molar-refractivity contribution in [2.45, 2.75) is 64.1 Å². The van der Waals surface area contributed by atoms with Gasteiger partial charge in [-0.3, -0.25) is 0 Å². The van der Waals surface area contributed by atoms with E-state index in [2.05, 4.69) is 11.7 Å². The van der Waals surface area contributed by atoms with Gasteiger partial charge in [0.15, 0.2) is 6.29 Å². The molecule has 0 amide bonds. The number of ether oxygens (including phenoxy) is 3. The van der Waals surface area contributed by atoms with Gasteiger partial charge in [0.25, 0.3) is 0 Å². The second kappa shape index (κ2) is 9.57. The monoisotopic (exact) mass is 454 g/mol. The van der Waals surface area contributed by atoms with Crippen LogP contribution in [0.5, 0.6) is 5.75 Å². The number of rotatable bonds is 5. The Balaban J connectivity index is 1.77. The highest BCUT2D eigenvalue weighted by Crippen LogP contribution is 2.49. The quantitative estimate of drug-likeness (QED) is 0.449. The molecule has 1 aromatic carbocycles. The van der Waals surface area contributed by atoms with Crippen LogP contribution >= 0.6 is 0 Å². The zero-order valence-corrected chi connectivity index (χ0v) is 17.6. The smallest absolute Gasteiger partial charge is 0.420 e. The SMILES string of the molecule is CCCC1CCC(C2COC(c3ccc(OC)c(C(F)(F)F)c3C(F)(F)F)OC2)CC1. The second-order valence-electron chi connectivity index (χ2n) is 8.43. The van der Waals surface area contributed by atoms with Crippen molar-refractivity contribution in [3.63, 3.8) is 0 Å². The molecule has 176 valence electrons. The third-order valence-corrected chi connectivity index (χ3v) is 6.42. The zero-order chi connectivity index (χ0) is 22.8. The summed E-state index contributed by atoms with van der Waals surface area (Å²) in [5.74, 6) is 0.223. The Bertz CT molecular complexity index is 730. The highest BCUT2D eigenvalue weighted by Gasteiger charge is 2.49. The minimum absolute atomic E-state index is 0.0356. The first-order valence-corrected chi connectivity index (χ1v) is 10.6. The first-order chi connectivity index (χ1) is 14.6. The lowest BCUT2D eigenvalue weighted by molar-refractivity contribution is -0.219. The maximum Gasteiger partial charge on any atom is 0.420 e. The molecule has 3 nitrogen and oxygen atoms in total. The lowest BCUT2D eigenvalue weighted by atomic mass is 9.75. The summed E-state index contributed by atoms with van der Waals surface area (Å²) in [6.45, 7) is 2.49. The molecule has 31 heavy (non-hydrogen) atoms. The van der Waals surface area contributed by atoms with Gasteiger partial charge in [0, 0.05) is 11.5 Å². The molecule has 0 atom stereocenters. The van der Waals surface area contributed by atoms with Gasteiger partial charge in [-0.25, -0.2) is 0 Å². The normalized spacial score (nSPS) is 27.9. The van der Waals surface area contributed by atoms with Crippen LogP contribution in [0, 0.1) is 17.8 Å². The first-order valence-electron chi connectivity index (χ1n) is 10.6. The lowest BCUT2D eigenvalue weighted by Gasteiger charge is -2.38. The van der Waals surface area contributed by atoms with E-state index >= 15 is 0 Å². The summed E-state index contributed by atoms with van der Waals surface area (Å²) in [6.07, 6.45) is -5.40. The fraction of sp³-hybridized carbons (Fsp3) is 0.727. The van der Waals surface area contributed by atoms with Crippen LogP contribution in [-0.4, -0.2) is 20.3 Å². The summed E-state index contributed by atoms with van der Waals surface area (Å²) in [4.78, 5) is 0. The van der Waals surface area contributed by atoms with Crippen molar-refractivity contribution in [1.29, 1.82) is 0 Å². The highest BCUT2D eigenvalue weighted by molar-refractivity contribution is 5.49. The van der Waals surface area contributed by atoms with E-state index in [4.69, 9.17) is 9.47 Å². The molecule has 2 fully saturated rings. The van der Waals surface area contributed by atoms with Gasteiger partial charge < -0.3 is 14.2 Å². The number of hydrogen-bond donors (Lipinski definition) is 0. The molecular formula is C22H28F6O3. The van der Waals surface area contributed by atoms with Crippen LogP contribution in [-0.2, 0) is 21.8 Å². The molecule has 0 unspecified atom stereocenters. The molecule has 2 aliphatic rings. The Morgan fingerprint density at radius 1 is 0.871 bits per heavy atom. The van der Waals surface area contributed by atoms with Crippen LogP contribution in [0.1, 0.15) is 68.4 Å². The Hall–Kier alpha value is -1.48. The zero-order valence-electron chi connectivity index (χ0n) is 17.6. The van der Waals surface area contributed by atoms with Gasteiger partial charge in [0.1, 0.15) is 11.3 Å². The number of methoxy groups -OCH3 is 1. The van der Waals surface area contributed by atoms with Gasteiger partial charge in [0.05, 0.1) is 25.9 Å². The molecule has 9 heteroatoms. The van der Waals surface area contributed by atoms with Crippen LogP contribution < -0.4 is 4.74 Å². The summed E-state index contributed by atoms with van der Waals surface area (Å²) in [7, 11) is 0.901. The molecule has 1 saturated carbocycles. The van der Waals surface area contributed by atoms with Crippen LogP contribution in [0.2, 0.25) is 0 Å². The molecule has 1 aliphatic carbocycles. The summed E-state index contributed by atoms with van der Waals surface area (Å²) >= 11 is 0. The van der Waals surface area contributed by atoms with Crippen LogP contribution in [0.4, 0.5) is 26.3 Å². The fourth-order valence-corrected chi connectivity index (χ4v) is 4.88. The first kappa shape index (κ1) is 24.2. The van der Waals surface area contributed by atoms with Gasteiger partial charge in [-0.2, -0.15) is 26.3 Å². The van der Waals surface area contributed by atoms with Crippen molar-refractivity contribution in [2.75, 3.05) is 20.3 Å². The predicted molar refractivity (Wildman–Crippen MR) is 101 cm³/mol. The van der Waals surface area contributed by atoms with Gasteiger partial charge in [-0.1, -0.05) is 32.6 Å². The molecular weight excluding hydrogens is 426 g/mol. The highest BCUT2D eigenvalue weighted by atomic mass is 19.4. The minimum Gasteiger partial charge on any atom is -0.496 e. The fourth-order valence-electron chi connectivity index (χ4n) is 4.88. The number of hydrogen-bond acceptors (Lipinski definition) is 3. The standard InChI is InChI=1S/C22H28F6O3/c1-3-4-13-5-7-14(8-6-13)15-11-30-20(31-12-15)16-9-10-17(29-2)19(22(26,27)28)18(16)21(23,24)25/h9-10,13-15,20H,3-8,11-12H2,1-2H3. The van der Waals surface area contributed by atoms with Gasteiger partial charge in [0.2, 0.25) is 0 Å². The van der Waals surface area contributed by atoms with Crippen molar-refractivity contribution in [3.8, 4) is 5.75 Å². The van der Waals surface area contributed by atoms with Crippen LogP contribution in [0.3, 0.4) is 0 Å². The molecule has 3 rings (SSSR count). The van der Waals surface area contributed by atoms with Gasteiger partial charge in [-0.05, 0) is 36.8 Å². The molecule has 0 spiro atoms. The van der Waals surface area contributed by atoms with E-state index in [0.29, 0.717) is 11.8 Å². The minimum atomic E-state index is -5.25. The molecule has 1 heterocycles. The predicted octanol–water partition coefficient (Wildman–Crippen LogP) is 7.00. The van der Waals surface area contributed by atoms with Crippen molar-refractivity contribution in [1.82, 2.24) is 0 Å². The maximum atomic E-state index is 13.7. The Morgan fingerprint density at radius 3 is 1.94 bits per heavy atom. The van der Waals surface area contributed by atoms with Crippen molar-refractivity contribution in [3.05, 3.63) is 28.8 Å². The van der Waals surface area contributed by atoms with E-state index in [1.54, 1.807) is 0 Å². The van der Waals surface area contributed by atoms with E-state index < -0.39 is 41.1 Å². The summed E-state index contributed by atoms with van der Waals surface area (Å²) in [6, 6.07) is 1.82. The summed E-state index contributed by atoms with van der Waals surface area (Å²) in [5, 5.41) is 0. The molecule has 1 aromatic rings. The summed E-state index contributed by atoms with van der Waals surface area (Å²) in [5.41, 5.74) is -4.35. The van der Waals surface area contributed by atoms with E-state index in [0.717, 1.165) is 51.3 Å². The van der Waals surface area contributed by atoms with Crippen LogP contribution in [0.25, 0.3) is 0 Å². The molecule has 0 N–H and O–H groups in total. The lowest BCUT2D eigenvalue weighted by Crippen LogP contribution is -2.35. The van der Waals surface area contributed by atoms with E-state index in [-0.39, 0.29) is 19.1 Å². The largest absolute Gasteiger partial charge is 0.496 e. The average molecular weight is 454 g/mol.